The van der Waals surface area contributed by atoms with Gasteiger partial charge in [-0.2, -0.15) is 0 Å². The van der Waals surface area contributed by atoms with Crippen molar-refractivity contribution in [1.82, 2.24) is 4.90 Å². The van der Waals surface area contributed by atoms with Gasteiger partial charge in [0.1, 0.15) is 0 Å². The van der Waals surface area contributed by atoms with E-state index in [1.165, 1.54) is 38.6 Å². The minimum absolute atomic E-state index is 0.125. The molecule has 0 radical (unpaired) electrons. The zero-order valence-corrected chi connectivity index (χ0v) is 11.5. The average Bonchev–Trinajstić information content (AvgIpc) is 2.73. The van der Waals surface area contributed by atoms with E-state index in [4.69, 9.17) is 10.5 Å². The Morgan fingerprint density at radius 1 is 1.41 bits per heavy atom. The first-order chi connectivity index (χ1) is 8.24. The van der Waals surface area contributed by atoms with Crippen LogP contribution < -0.4 is 5.73 Å². The molecule has 2 fully saturated rings. The van der Waals surface area contributed by atoms with Gasteiger partial charge in [0.2, 0.25) is 0 Å². The Balaban J connectivity index is 2.15. The van der Waals surface area contributed by atoms with Gasteiger partial charge in [0, 0.05) is 19.2 Å². The summed E-state index contributed by atoms with van der Waals surface area (Å²) in [6.45, 7) is 7.34. The van der Waals surface area contributed by atoms with Crippen molar-refractivity contribution in [3.63, 3.8) is 0 Å². The molecule has 0 aromatic heterocycles. The Kier molecular flexibility index (Phi) is 4.45. The smallest absolute Gasteiger partial charge is 0.0743 e. The van der Waals surface area contributed by atoms with Gasteiger partial charge in [-0.05, 0) is 39.2 Å². The predicted molar refractivity (Wildman–Crippen MR) is 71.1 cm³/mol. The topological polar surface area (TPSA) is 38.5 Å². The van der Waals surface area contributed by atoms with Gasteiger partial charge in [-0.3, -0.25) is 4.90 Å². The normalized spacial score (nSPS) is 39.7. The molecule has 2 N–H and O–H groups in total. The lowest BCUT2D eigenvalue weighted by Gasteiger charge is -2.49. The summed E-state index contributed by atoms with van der Waals surface area (Å²) in [4.78, 5) is 2.71. The van der Waals surface area contributed by atoms with E-state index in [0.29, 0.717) is 6.10 Å². The second-order valence-electron chi connectivity index (χ2n) is 5.70. The molecule has 0 spiro atoms. The molecule has 2 saturated heterocycles. The highest BCUT2D eigenvalue weighted by Crippen LogP contribution is 2.37. The molecule has 0 amide bonds. The zero-order valence-electron chi connectivity index (χ0n) is 11.5. The molecule has 2 aliphatic heterocycles. The van der Waals surface area contributed by atoms with Gasteiger partial charge in [0.15, 0.2) is 0 Å². The van der Waals surface area contributed by atoms with Gasteiger partial charge in [0.05, 0.1) is 11.6 Å². The van der Waals surface area contributed by atoms with E-state index < -0.39 is 0 Å². The summed E-state index contributed by atoms with van der Waals surface area (Å²) in [5, 5.41) is 0. The van der Waals surface area contributed by atoms with Crippen LogP contribution >= 0.6 is 0 Å². The van der Waals surface area contributed by atoms with E-state index in [-0.39, 0.29) is 5.54 Å². The number of hydrogen-bond donors (Lipinski definition) is 1. The molecule has 3 unspecified atom stereocenters. The Morgan fingerprint density at radius 2 is 2.24 bits per heavy atom. The highest BCUT2D eigenvalue weighted by Gasteiger charge is 2.47. The maximum absolute atomic E-state index is 6.13. The molecule has 2 heterocycles. The van der Waals surface area contributed by atoms with Crippen molar-refractivity contribution in [3.05, 3.63) is 0 Å². The fraction of sp³-hybridized carbons (Fsp3) is 1.00. The van der Waals surface area contributed by atoms with Crippen LogP contribution in [-0.2, 0) is 4.74 Å². The second kappa shape index (κ2) is 5.68. The lowest BCUT2D eigenvalue weighted by Crippen LogP contribution is -2.62. The van der Waals surface area contributed by atoms with Crippen LogP contribution in [0.25, 0.3) is 0 Å². The molecule has 0 aromatic rings. The van der Waals surface area contributed by atoms with Crippen molar-refractivity contribution in [2.45, 2.75) is 70.1 Å². The van der Waals surface area contributed by atoms with Gasteiger partial charge in [-0.25, -0.2) is 0 Å². The maximum Gasteiger partial charge on any atom is 0.0743 e. The lowest BCUT2D eigenvalue weighted by molar-refractivity contribution is -0.0276. The van der Waals surface area contributed by atoms with Crippen molar-refractivity contribution >= 4 is 0 Å². The minimum atomic E-state index is 0.125. The van der Waals surface area contributed by atoms with Gasteiger partial charge in [0.25, 0.3) is 0 Å². The van der Waals surface area contributed by atoms with Gasteiger partial charge in [-0.15, -0.1) is 0 Å². The number of rotatable bonds is 4. The number of hydrogen-bond acceptors (Lipinski definition) is 3. The fourth-order valence-electron chi connectivity index (χ4n) is 3.75. The third-order valence-corrected chi connectivity index (χ3v) is 4.83. The average molecular weight is 240 g/mol. The van der Waals surface area contributed by atoms with E-state index >= 15 is 0 Å². The first kappa shape index (κ1) is 13.3. The molecule has 100 valence electrons. The predicted octanol–water partition coefficient (Wildman–Crippen LogP) is 2.15. The molecule has 2 rings (SSSR count). The number of nitrogens with zero attached hydrogens (tertiary/aromatic N) is 1. The number of nitrogens with two attached hydrogens (primary N) is 1. The van der Waals surface area contributed by atoms with Crippen LogP contribution in [0.5, 0.6) is 0 Å². The molecule has 3 atom stereocenters. The molecule has 0 saturated carbocycles. The molecular weight excluding hydrogens is 212 g/mol. The van der Waals surface area contributed by atoms with Gasteiger partial charge in [-0.1, -0.05) is 19.8 Å². The second-order valence-corrected chi connectivity index (χ2v) is 5.70. The summed E-state index contributed by atoms with van der Waals surface area (Å²) >= 11 is 0. The fourth-order valence-corrected chi connectivity index (χ4v) is 3.75. The monoisotopic (exact) mass is 240 g/mol. The summed E-state index contributed by atoms with van der Waals surface area (Å²) < 4.78 is 5.82. The summed E-state index contributed by atoms with van der Waals surface area (Å²) in [6, 6.07) is 0.737. The maximum atomic E-state index is 6.13. The van der Waals surface area contributed by atoms with Crippen LogP contribution in [0, 0.1) is 0 Å². The Morgan fingerprint density at radius 3 is 2.82 bits per heavy atom. The minimum Gasteiger partial charge on any atom is -0.376 e. The van der Waals surface area contributed by atoms with Crippen molar-refractivity contribution in [1.29, 1.82) is 0 Å². The quantitative estimate of drug-likeness (QED) is 0.818. The molecule has 17 heavy (non-hydrogen) atoms. The molecule has 3 heteroatoms. The van der Waals surface area contributed by atoms with Crippen molar-refractivity contribution in [2.24, 2.45) is 5.73 Å². The van der Waals surface area contributed by atoms with Crippen LogP contribution in [-0.4, -0.2) is 42.3 Å². The van der Waals surface area contributed by atoms with E-state index in [1.807, 2.05) is 0 Å². The third-order valence-electron chi connectivity index (χ3n) is 4.83. The van der Waals surface area contributed by atoms with Gasteiger partial charge < -0.3 is 10.5 Å². The summed E-state index contributed by atoms with van der Waals surface area (Å²) in [5.74, 6) is 0. The molecule has 2 aliphatic rings. The summed E-state index contributed by atoms with van der Waals surface area (Å²) in [6.07, 6.45) is 8.06. The Hall–Kier alpha value is -0.120. The van der Waals surface area contributed by atoms with E-state index in [2.05, 4.69) is 18.7 Å². The summed E-state index contributed by atoms with van der Waals surface area (Å²) in [7, 11) is 0. The Labute approximate surface area is 106 Å². The highest BCUT2D eigenvalue weighted by molar-refractivity contribution is 5.03. The standard InChI is InChI=1S/C14H28N2O/c1-3-6-13-7-4-5-9-16(13)14(11-15)8-10-17-12(14)2/h12-13H,3-11,15H2,1-2H3. The zero-order chi connectivity index (χ0) is 12.3. The number of ether oxygens (including phenoxy) is 1. The van der Waals surface area contributed by atoms with Gasteiger partial charge >= 0.3 is 0 Å². The third kappa shape index (κ3) is 2.38. The van der Waals surface area contributed by atoms with Crippen LogP contribution in [0.4, 0.5) is 0 Å². The van der Waals surface area contributed by atoms with Crippen LogP contribution in [0.1, 0.15) is 52.4 Å². The largest absolute Gasteiger partial charge is 0.376 e. The van der Waals surface area contributed by atoms with E-state index in [0.717, 1.165) is 25.6 Å². The van der Waals surface area contributed by atoms with Crippen molar-refractivity contribution in [2.75, 3.05) is 19.7 Å². The van der Waals surface area contributed by atoms with E-state index in [9.17, 15) is 0 Å². The first-order valence-corrected chi connectivity index (χ1v) is 7.33. The molecular formula is C14H28N2O. The molecule has 3 nitrogen and oxygen atoms in total. The Bertz CT molecular complexity index is 244. The number of piperidine rings is 1. The van der Waals surface area contributed by atoms with Crippen LogP contribution in [0.3, 0.4) is 0 Å². The van der Waals surface area contributed by atoms with E-state index in [1.54, 1.807) is 0 Å². The lowest BCUT2D eigenvalue weighted by atomic mass is 9.84. The highest BCUT2D eigenvalue weighted by atomic mass is 16.5. The number of likely N-dealkylation sites (tertiary alicyclic amines) is 1. The summed E-state index contributed by atoms with van der Waals surface area (Å²) in [5.41, 5.74) is 6.25. The van der Waals surface area contributed by atoms with Crippen molar-refractivity contribution in [3.8, 4) is 0 Å². The molecule has 0 aliphatic carbocycles. The van der Waals surface area contributed by atoms with Crippen LogP contribution in [0.2, 0.25) is 0 Å². The molecule has 0 bridgehead atoms. The van der Waals surface area contributed by atoms with Crippen LogP contribution in [0.15, 0.2) is 0 Å². The first-order valence-electron chi connectivity index (χ1n) is 7.33. The molecule has 0 aromatic carbocycles. The SMILES string of the molecule is CCCC1CCCCN1C1(CN)CCOC1C. The van der Waals surface area contributed by atoms with Crippen molar-refractivity contribution < 1.29 is 4.74 Å².